The van der Waals surface area contributed by atoms with Gasteiger partial charge in [-0.1, -0.05) is 12.1 Å². The second-order valence-electron chi connectivity index (χ2n) is 5.72. The molecule has 5 aromatic rings. The minimum Gasteiger partial charge on any atom is -0.459 e. The average Bonchev–Trinajstić information content (AvgIpc) is 3.36. The van der Waals surface area contributed by atoms with Gasteiger partial charge in [0.1, 0.15) is 34.5 Å². The number of pyridine rings is 1. The molecule has 0 saturated carbocycles. The van der Waals surface area contributed by atoms with Crippen LogP contribution in [0.1, 0.15) is 5.76 Å². The maximum absolute atomic E-state index is 9.14. The van der Waals surface area contributed by atoms with Crippen molar-refractivity contribution < 1.29 is 9.52 Å². The molecule has 0 aliphatic heterocycles. The van der Waals surface area contributed by atoms with Crippen molar-refractivity contribution >= 4 is 27.2 Å². The van der Waals surface area contributed by atoms with Crippen molar-refractivity contribution in [2.75, 3.05) is 0 Å². The summed E-state index contributed by atoms with van der Waals surface area (Å²) in [5.41, 5.74) is 3.63. The van der Waals surface area contributed by atoms with Gasteiger partial charge in [-0.2, -0.15) is 0 Å². The Morgan fingerprint density at radius 3 is 2.76 bits per heavy atom. The smallest absolute Gasteiger partial charge is 0.144 e. The fourth-order valence-corrected chi connectivity index (χ4v) is 3.76. The van der Waals surface area contributed by atoms with Crippen LogP contribution in [0, 0.1) is 0 Å². The Morgan fingerprint density at radius 1 is 1.00 bits per heavy atom. The third-order valence-electron chi connectivity index (χ3n) is 4.07. The highest BCUT2D eigenvalue weighted by atomic mass is 32.1. The molecular weight excluding hydrogens is 334 g/mol. The molecule has 25 heavy (non-hydrogen) atoms. The number of fused-ring (bicyclic) bond motifs is 2. The van der Waals surface area contributed by atoms with Crippen molar-refractivity contribution in [2.24, 2.45) is 0 Å². The largest absolute Gasteiger partial charge is 0.459 e. The fraction of sp³-hybridized carbons (Fsp3) is 0.0526. The van der Waals surface area contributed by atoms with E-state index < -0.39 is 0 Å². The van der Waals surface area contributed by atoms with Crippen molar-refractivity contribution in [1.82, 2.24) is 14.4 Å². The number of benzene rings is 1. The molecule has 122 valence electrons. The molecule has 0 aliphatic rings. The molecule has 4 heterocycles. The predicted octanol–water partition coefficient (Wildman–Crippen LogP) is 4.36. The Hall–Kier alpha value is -2.96. The number of imidazole rings is 1. The van der Waals surface area contributed by atoms with Crippen molar-refractivity contribution in [1.29, 1.82) is 0 Å². The highest BCUT2D eigenvalue weighted by molar-refractivity contribution is 7.21. The summed E-state index contributed by atoms with van der Waals surface area (Å²) in [6.45, 7) is -0.102. The van der Waals surface area contributed by atoms with Crippen LogP contribution in [0.4, 0.5) is 0 Å². The van der Waals surface area contributed by atoms with E-state index in [-0.39, 0.29) is 6.61 Å². The zero-order chi connectivity index (χ0) is 16.8. The van der Waals surface area contributed by atoms with Gasteiger partial charge in [-0.25, -0.2) is 9.97 Å². The second-order valence-corrected chi connectivity index (χ2v) is 6.75. The molecule has 1 N–H and O–H groups in total. The Kier molecular flexibility index (Phi) is 3.19. The first-order valence-corrected chi connectivity index (χ1v) is 8.66. The quantitative estimate of drug-likeness (QED) is 0.526. The van der Waals surface area contributed by atoms with Gasteiger partial charge < -0.3 is 13.9 Å². The van der Waals surface area contributed by atoms with Crippen LogP contribution in [-0.2, 0) is 6.61 Å². The van der Waals surface area contributed by atoms with E-state index in [0.717, 1.165) is 37.9 Å². The van der Waals surface area contributed by atoms with Crippen molar-refractivity contribution in [3.05, 3.63) is 66.7 Å². The standard InChI is InChI=1S/C19H13N3O2S/c23-11-13-6-7-16(24-13)12-5-8-18-20-15(10-22(18)9-12)19-21-14-3-1-2-4-17(14)25-19/h1-10,23H,11H2. The molecular formula is C19H13N3O2S. The number of aliphatic hydroxyl groups is 1. The van der Waals surface area contributed by atoms with Crippen LogP contribution >= 0.6 is 11.3 Å². The number of thiazole rings is 1. The maximum Gasteiger partial charge on any atom is 0.144 e. The Labute approximate surface area is 146 Å². The van der Waals surface area contributed by atoms with E-state index in [9.17, 15) is 0 Å². The lowest BCUT2D eigenvalue weighted by Gasteiger charge is -1.98. The van der Waals surface area contributed by atoms with E-state index in [1.807, 2.05) is 53.2 Å². The van der Waals surface area contributed by atoms with Crippen LogP contribution in [0.2, 0.25) is 0 Å². The summed E-state index contributed by atoms with van der Waals surface area (Å²) < 4.78 is 8.73. The molecule has 5 rings (SSSR count). The predicted molar refractivity (Wildman–Crippen MR) is 97.4 cm³/mol. The highest BCUT2D eigenvalue weighted by Gasteiger charge is 2.11. The van der Waals surface area contributed by atoms with Crippen molar-refractivity contribution in [3.63, 3.8) is 0 Å². The minimum atomic E-state index is -0.102. The minimum absolute atomic E-state index is 0.102. The average molecular weight is 347 g/mol. The first-order chi connectivity index (χ1) is 12.3. The summed E-state index contributed by atoms with van der Waals surface area (Å²) >= 11 is 1.64. The third kappa shape index (κ3) is 2.43. The van der Waals surface area contributed by atoms with Crippen LogP contribution in [0.3, 0.4) is 0 Å². The van der Waals surface area contributed by atoms with Crippen LogP contribution < -0.4 is 0 Å². The van der Waals surface area contributed by atoms with Gasteiger partial charge >= 0.3 is 0 Å². The molecule has 0 amide bonds. The molecule has 0 atom stereocenters. The topological polar surface area (TPSA) is 63.6 Å². The normalized spacial score (nSPS) is 11.6. The van der Waals surface area contributed by atoms with Crippen molar-refractivity contribution in [3.8, 4) is 22.0 Å². The monoisotopic (exact) mass is 347 g/mol. The summed E-state index contributed by atoms with van der Waals surface area (Å²) in [6, 6.07) is 15.6. The van der Waals surface area contributed by atoms with E-state index >= 15 is 0 Å². The molecule has 0 saturated heterocycles. The lowest BCUT2D eigenvalue weighted by atomic mass is 10.2. The molecule has 0 spiro atoms. The highest BCUT2D eigenvalue weighted by Crippen LogP contribution is 2.30. The van der Waals surface area contributed by atoms with Crippen LogP contribution in [0.5, 0.6) is 0 Å². The third-order valence-corrected chi connectivity index (χ3v) is 5.12. The van der Waals surface area contributed by atoms with Gasteiger partial charge in [-0.05, 0) is 36.4 Å². The van der Waals surface area contributed by atoms with Gasteiger partial charge in [0.05, 0.1) is 10.2 Å². The van der Waals surface area contributed by atoms with Gasteiger partial charge in [0.25, 0.3) is 0 Å². The Bertz CT molecular complexity index is 1170. The lowest BCUT2D eigenvalue weighted by Crippen LogP contribution is -1.84. The summed E-state index contributed by atoms with van der Waals surface area (Å²) in [6.07, 6.45) is 3.95. The van der Waals surface area contributed by atoms with Crippen LogP contribution in [0.15, 0.2) is 65.3 Å². The summed E-state index contributed by atoms with van der Waals surface area (Å²) in [5.74, 6) is 1.28. The van der Waals surface area contributed by atoms with Gasteiger partial charge in [0.2, 0.25) is 0 Å². The molecule has 0 radical (unpaired) electrons. The van der Waals surface area contributed by atoms with E-state index in [0.29, 0.717) is 5.76 Å². The lowest BCUT2D eigenvalue weighted by molar-refractivity contribution is 0.248. The second kappa shape index (κ2) is 5.54. The van der Waals surface area contributed by atoms with Gasteiger partial charge in [-0.15, -0.1) is 11.3 Å². The SMILES string of the molecule is OCc1ccc(-c2ccc3nc(-c4nc5ccccc5s4)cn3c2)o1. The van der Waals surface area contributed by atoms with Gasteiger partial charge in [0, 0.05) is 18.0 Å². The first-order valence-electron chi connectivity index (χ1n) is 7.85. The zero-order valence-electron chi connectivity index (χ0n) is 13.1. The van der Waals surface area contributed by atoms with Crippen molar-refractivity contribution in [2.45, 2.75) is 6.61 Å². The number of nitrogens with zero attached hydrogens (tertiary/aromatic N) is 3. The van der Waals surface area contributed by atoms with E-state index in [2.05, 4.69) is 16.0 Å². The maximum atomic E-state index is 9.14. The van der Waals surface area contributed by atoms with Gasteiger partial charge in [-0.3, -0.25) is 0 Å². The molecule has 6 heteroatoms. The summed E-state index contributed by atoms with van der Waals surface area (Å²) in [4.78, 5) is 9.34. The molecule has 0 bridgehead atoms. The number of furan rings is 1. The number of hydrogen-bond acceptors (Lipinski definition) is 5. The number of aromatic nitrogens is 3. The van der Waals surface area contributed by atoms with E-state index in [1.54, 1.807) is 17.4 Å². The molecule has 0 unspecified atom stereocenters. The van der Waals surface area contributed by atoms with Gasteiger partial charge in [0.15, 0.2) is 0 Å². The number of hydrogen-bond donors (Lipinski definition) is 1. The fourth-order valence-electron chi connectivity index (χ4n) is 2.84. The number of aliphatic hydroxyl groups excluding tert-OH is 1. The Balaban J connectivity index is 1.59. The van der Waals surface area contributed by atoms with Crippen LogP contribution in [-0.4, -0.2) is 19.5 Å². The summed E-state index contributed by atoms with van der Waals surface area (Å²) in [7, 11) is 0. The van der Waals surface area contributed by atoms with E-state index in [4.69, 9.17) is 9.52 Å². The van der Waals surface area contributed by atoms with Crippen LogP contribution in [0.25, 0.3) is 37.9 Å². The molecule has 0 fully saturated rings. The molecule has 5 nitrogen and oxygen atoms in total. The Morgan fingerprint density at radius 2 is 1.92 bits per heavy atom. The zero-order valence-corrected chi connectivity index (χ0v) is 13.9. The van der Waals surface area contributed by atoms with E-state index in [1.165, 1.54) is 0 Å². The number of rotatable bonds is 3. The first kappa shape index (κ1) is 14.4. The molecule has 0 aliphatic carbocycles. The molecule has 1 aromatic carbocycles. The molecule has 4 aromatic heterocycles. The summed E-state index contributed by atoms with van der Waals surface area (Å²) in [5, 5.41) is 10.1. The number of para-hydroxylation sites is 1.